The summed E-state index contributed by atoms with van der Waals surface area (Å²) in [7, 11) is 1.40. The number of aryl methyl sites for hydroxylation is 1. The number of halogens is 2. The van der Waals surface area contributed by atoms with Crippen molar-refractivity contribution in [3.05, 3.63) is 40.5 Å². The molecular weight excluding hydrogens is 343 g/mol. The number of nitrogens with zero attached hydrogens (tertiary/aromatic N) is 1. The highest BCUT2D eigenvalue weighted by atomic mass is 35.7. The van der Waals surface area contributed by atoms with Crippen LogP contribution in [0.3, 0.4) is 0 Å². The fraction of sp³-hybridized carbons (Fsp3) is 0.0909. The lowest BCUT2D eigenvalue weighted by molar-refractivity contribution is 0.102. The van der Waals surface area contributed by atoms with Crippen LogP contribution in [0.2, 0.25) is 5.02 Å². The Morgan fingerprint density at radius 3 is 2.65 bits per heavy atom. The van der Waals surface area contributed by atoms with Crippen LogP contribution in [0.4, 0.5) is 5.13 Å². The molecule has 2 rings (SSSR count). The van der Waals surface area contributed by atoms with Gasteiger partial charge in [0.25, 0.3) is 15.0 Å². The van der Waals surface area contributed by atoms with Crippen LogP contribution in [-0.4, -0.2) is 19.3 Å². The molecule has 0 atom stereocenters. The Morgan fingerprint density at radius 1 is 1.40 bits per heavy atom. The Balaban J connectivity index is 2.25. The van der Waals surface area contributed by atoms with E-state index in [4.69, 9.17) is 22.3 Å². The van der Waals surface area contributed by atoms with Gasteiger partial charge in [0.15, 0.2) is 9.34 Å². The normalized spacial score (nSPS) is 11.3. The molecule has 5 nitrogen and oxygen atoms in total. The number of hydrogen-bond donors (Lipinski definition) is 1. The fourth-order valence-corrected chi connectivity index (χ4v) is 4.00. The molecule has 0 spiro atoms. The van der Waals surface area contributed by atoms with E-state index in [0.29, 0.717) is 10.6 Å². The number of hydrogen-bond acceptors (Lipinski definition) is 5. The lowest BCUT2D eigenvalue weighted by atomic mass is 10.2. The maximum absolute atomic E-state index is 12.0. The van der Waals surface area contributed by atoms with E-state index in [2.05, 4.69) is 10.3 Å². The number of aromatic nitrogens is 1. The van der Waals surface area contributed by atoms with E-state index in [1.165, 1.54) is 13.0 Å². The summed E-state index contributed by atoms with van der Waals surface area (Å²) in [6.07, 6.45) is 0. The standard InChI is InChI=1S/C11H8Cl2N2O3S2/c1-6-10(20(13,17)18)19-11(14-6)15-9(16)7-3-2-4-8(12)5-7/h2-5H,1H3,(H,14,15,16). The van der Waals surface area contributed by atoms with Crippen molar-refractivity contribution in [2.24, 2.45) is 0 Å². The highest BCUT2D eigenvalue weighted by molar-refractivity contribution is 8.15. The van der Waals surface area contributed by atoms with Crippen molar-refractivity contribution in [2.75, 3.05) is 5.32 Å². The quantitative estimate of drug-likeness (QED) is 0.861. The van der Waals surface area contributed by atoms with Crippen molar-refractivity contribution < 1.29 is 13.2 Å². The second-order valence-corrected chi connectivity index (χ2v) is 7.99. The second kappa shape index (κ2) is 5.69. The maximum atomic E-state index is 12.0. The number of anilines is 1. The summed E-state index contributed by atoms with van der Waals surface area (Å²) in [6, 6.07) is 6.36. The predicted octanol–water partition coefficient (Wildman–Crippen LogP) is 3.28. The van der Waals surface area contributed by atoms with Gasteiger partial charge in [0.05, 0.1) is 5.69 Å². The number of nitrogens with one attached hydrogen (secondary N) is 1. The molecule has 20 heavy (non-hydrogen) atoms. The first-order chi connectivity index (χ1) is 9.27. The van der Waals surface area contributed by atoms with Gasteiger partial charge in [-0.2, -0.15) is 0 Å². The summed E-state index contributed by atoms with van der Waals surface area (Å²) < 4.78 is 22.5. The van der Waals surface area contributed by atoms with E-state index in [0.717, 1.165) is 11.3 Å². The number of benzene rings is 1. The van der Waals surface area contributed by atoms with E-state index in [1.54, 1.807) is 18.2 Å². The second-order valence-electron chi connectivity index (χ2n) is 3.79. The topological polar surface area (TPSA) is 76.1 Å². The van der Waals surface area contributed by atoms with Gasteiger partial charge in [-0.3, -0.25) is 10.1 Å². The van der Waals surface area contributed by atoms with E-state index in [-0.39, 0.29) is 15.0 Å². The minimum Gasteiger partial charge on any atom is -0.298 e. The Morgan fingerprint density at radius 2 is 2.10 bits per heavy atom. The van der Waals surface area contributed by atoms with E-state index in [1.807, 2.05) is 0 Å². The summed E-state index contributed by atoms with van der Waals surface area (Å²) in [5.41, 5.74) is 0.590. The van der Waals surface area contributed by atoms with Gasteiger partial charge in [-0.1, -0.05) is 29.0 Å². The van der Waals surface area contributed by atoms with E-state index < -0.39 is 15.0 Å². The van der Waals surface area contributed by atoms with Crippen molar-refractivity contribution in [3.63, 3.8) is 0 Å². The van der Waals surface area contributed by atoms with Crippen molar-refractivity contribution in [3.8, 4) is 0 Å². The van der Waals surface area contributed by atoms with E-state index in [9.17, 15) is 13.2 Å². The van der Waals surface area contributed by atoms with Gasteiger partial charge in [0.1, 0.15) is 0 Å². The average Bonchev–Trinajstić information content (AvgIpc) is 2.70. The first-order valence-corrected chi connectivity index (χ1v) is 8.77. The first kappa shape index (κ1) is 15.2. The lowest BCUT2D eigenvalue weighted by Crippen LogP contribution is -2.11. The third-order valence-corrected chi connectivity index (χ3v) is 5.77. The largest absolute Gasteiger partial charge is 0.298 e. The van der Waals surface area contributed by atoms with Crippen LogP contribution >= 0.6 is 33.6 Å². The number of carbonyl (C=O) groups excluding carboxylic acids is 1. The summed E-state index contributed by atoms with van der Waals surface area (Å²) in [5.74, 6) is -0.431. The highest BCUT2D eigenvalue weighted by Crippen LogP contribution is 2.29. The molecule has 1 N–H and O–H groups in total. The molecule has 0 aliphatic rings. The Bertz CT molecular complexity index is 772. The zero-order chi connectivity index (χ0) is 14.9. The molecule has 1 aromatic heterocycles. The Kier molecular flexibility index (Phi) is 4.33. The van der Waals surface area contributed by atoms with Crippen LogP contribution in [0.1, 0.15) is 16.1 Å². The molecule has 1 amide bonds. The number of rotatable bonds is 3. The van der Waals surface area contributed by atoms with Gasteiger partial charge in [-0.05, 0) is 25.1 Å². The molecule has 2 aromatic rings. The molecule has 0 bridgehead atoms. The molecule has 1 aromatic carbocycles. The highest BCUT2D eigenvalue weighted by Gasteiger charge is 2.20. The van der Waals surface area contributed by atoms with Crippen molar-refractivity contribution in [1.29, 1.82) is 0 Å². The SMILES string of the molecule is Cc1nc(NC(=O)c2cccc(Cl)c2)sc1S(=O)(=O)Cl. The van der Waals surface area contributed by atoms with Crippen LogP contribution in [0, 0.1) is 6.92 Å². The van der Waals surface area contributed by atoms with Crippen molar-refractivity contribution in [2.45, 2.75) is 11.1 Å². The third-order valence-electron chi connectivity index (χ3n) is 2.28. The zero-order valence-electron chi connectivity index (χ0n) is 10.1. The molecule has 0 fully saturated rings. The van der Waals surface area contributed by atoms with Crippen LogP contribution in [0.5, 0.6) is 0 Å². The molecule has 1 heterocycles. The molecule has 0 unspecified atom stereocenters. The smallest absolute Gasteiger partial charge is 0.272 e. The number of amides is 1. The van der Waals surface area contributed by atoms with Gasteiger partial charge in [0, 0.05) is 21.3 Å². The zero-order valence-corrected chi connectivity index (χ0v) is 13.2. The van der Waals surface area contributed by atoms with Gasteiger partial charge in [-0.25, -0.2) is 13.4 Å². The molecule has 0 radical (unpaired) electrons. The first-order valence-electron chi connectivity index (χ1n) is 5.26. The number of thiazole rings is 1. The van der Waals surface area contributed by atoms with Crippen LogP contribution in [0.25, 0.3) is 0 Å². The molecule has 0 saturated carbocycles. The van der Waals surface area contributed by atoms with Crippen LogP contribution in [-0.2, 0) is 9.05 Å². The van der Waals surface area contributed by atoms with Gasteiger partial charge < -0.3 is 0 Å². The predicted molar refractivity (Wildman–Crippen MR) is 79.3 cm³/mol. The molecule has 0 saturated heterocycles. The summed E-state index contributed by atoms with van der Waals surface area (Å²) in [4.78, 5) is 15.9. The summed E-state index contributed by atoms with van der Waals surface area (Å²) >= 11 is 6.59. The monoisotopic (exact) mass is 350 g/mol. The minimum atomic E-state index is -3.86. The van der Waals surface area contributed by atoms with Crippen molar-refractivity contribution >= 4 is 53.7 Å². The van der Waals surface area contributed by atoms with Crippen LogP contribution in [0.15, 0.2) is 28.5 Å². The van der Waals surface area contributed by atoms with Gasteiger partial charge >= 0.3 is 0 Å². The lowest BCUT2D eigenvalue weighted by Gasteiger charge is -2.01. The maximum Gasteiger partial charge on any atom is 0.272 e. The van der Waals surface area contributed by atoms with Crippen LogP contribution < -0.4 is 5.32 Å². The van der Waals surface area contributed by atoms with Crippen molar-refractivity contribution in [1.82, 2.24) is 4.98 Å². The Labute approximate surface area is 129 Å². The summed E-state index contributed by atoms with van der Waals surface area (Å²) in [5, 5.41) is 3.09. The molecule has 9 heteroatoms. The van der Waals surface area contributed by atoms with Gasteiger partial charge in [0.2, 0.25) is 0 Å². The Hall–Kier alpha value is -1.15. The van der Waals surface area contributed by atoms with Gasteiger partial charge in [-0.15, -0.1) is 0 Å². The molecule has 0 aliphatic heterocycles. The third kappa shape index (κ3) is 3.49. The minimum absolute atomic E-state index is 0.0828. The summed E-state index contributed by atoms with van der Waals surface area (Å²) in [6.45, 7) is 1.50. The van der Waals surface area contributed by atoms with E-state index >= 15 is 0 Å². The number of carbonyl (C=O) groups is 1. The molecule has 0 aliphatic carbocycles. The molecular formula is C11H8Cl2N2O3S2. The fourth-order valence-electron chi connectivity index (χ4n) is 1.46. The molecule has 106 valence electrons. The average molecular weight is 351 g/mol.